The van der Waals surface area contributed by atoms with E-state index in [9.17, 15) is 0 Å². The fourth-order valence-corrected chi connectivity index (χ4v) is 3.08. The molecular formula is C23H17BrN2O. The lowest BCUT2D eigenvalue weighted by Crippen LogP contribution is -2.09. The van der Waals surface area contributed by atoms with E-state index in [0.717, 1.165) is 27.4 Å². The summed E-state index contributed by atoms with van der Waals surface area (Å²) in [5, 5.41) is 0. The molecule has 0 radical (unpaired) electrons. The van der Waals surface area contributed by atoms with Gasteiger partial charge in [-0.05, 0) is 64.5 Å². The topological polar surface area (TPSA) is 25.4 Å². The molecule has 3 nitrogen and oxygen atoms in total. The minimum atomic E-state index is 0.696. The summed E-state index contributed by atoms with van der Waals surface area (Å²) < 4.78 is 6.77. The second kappa shape index (κ2) is 8.06. The lowest BCUT2D eigenvalue weighted by atomic mass is 10.2. The third-order valence-electron chi connectivity index (χ3n) is 4.04. The Kier molecular flexibility index (Phi) is 5.17. The number of nitrogens with zero attached hydrogens (tertiary/aromatic N) is 2. The van der Waals surface area contributed by atoms with E-state index >= 15 is 0 Å². The molecule has 27 heavy (non-hydrogen) atoms. The summed E-state index contributed by atoms with van der Waals surface area (Å²) in [5.74, 6) is 1.45. The Balaban J connectivity index is 1.71. The molecule has 0 spiro atoms. The number of rotatable bonds is 5. The van der Waals surface area contributed by atoms with Crippen LogP contribution in [0.25, 0.3) is 0 Å². The maximum Gasteiger partial charge on any atom is 0.145 e. The fourth-order valence-electron chi connectivity index (χ4n) is 2.85. The number of ether oxygens (including phenoxy) is 1. The Morgan fingerprint density at radius 3 is 1.85 bits per heavy atom. The molecule has 0 saturated carbocycles. The molecule has 0 bridgehead atoms. The lowest BCUT2D eigenvalue weighted by Gasteiger charge is -2.25. The fraction of sp³-hybridized carbons (Fsp3) is 0. The van der Waals surface area contributed by atoms with Gasteiger partial charge in [0.15, 0.2) is 0 Å². The zero-order valence-corrected chi connectivity index (χ0v) is 16.1. The summed E-state index contributed by atoms with van der Waals surface area (Å²) in [7, 11) is 0. The van der Waals surface area contributed by atoms with E-state index in [4.69, 9.17) is 4.74 Å². The summed E-state index contributed by atoms with van der Waals surface area (Å²) in [4.78, 5) is 6.41. The Morgan fingerprint density at radius 1 is 0.630 bits per heavy atom. The highest BCUT2D eigenvalue weighted by Crippen LogP contribution is 2.36. The summed E-state index contributed by atoms with van der Waals surface area (Å²) >= 11 is 3.34. The summed E-state index contributed by atoms with van der Waals surface area (Å²) in [6, 6.07) is 32.4. The van der Waals surface area contributed by atoms with Crippen LogP contribution in [0.2, 0.25) is 0 Å². The van der Waals surface area contributed by atoms with E-state index in [0.29, 0.717) is 5.75 Å². The second-order valence-electron chi connectivity index (χ2n) is 5.92. The van der Waals surface area contributed by atoms with Crippen LogP contribution in [-0.4, -0.2) is 4.98 Å². The Morgan fingerprint density at radius 2 is 1.26 bits per heavy atom. The first kappa shape index (κ1) is 17.3. The number of pyridine rings is 1. The van der Waals surface area contributed by atoms with Crippen molar-refractivity contribution in [1.29, 1.82) is 0 Å². The zero-order chi connectivity index (χ0) is 18.5. The highest BCUT2D eigenvalue weighted by molar-refractivity contribution is 9.10. The molecule has 4 rings (SSSR count). The smallest absolute Gasteiger partial charge is 0.145 e. The van der Waals surface area contributed by atoms with Gasteiger partial charge in [0.05, 0.1) is 6.20 Å². The van der Waals surface area contributed by atoms with Crippen molar-refractivity contribution in [3.05, 3.63) is 108 Å². The molecule has 0 aliphatic heterocycles. The summed E-state index contributed by atoms with van der Waals surface area (Å²) in [6.45, 7) is 0. The van der Waals surface area contributed by atoms with Crippen LogP contribution in [0.3, 0.4) is 0 Å². The monoisotopic (exact) mass is 416 g/mol. The molecular weight excluding hydrogens is 400 g/mol. The molecule has 0 N–H and O–H groups in total. The Labute approximate surface area is 167 Å². The van der Waals surface area contributed by atoms with E-state index in [1.54, 1.807) is 6.20 Å². The Hall–Kier alpha value is -3.11. The van der Waals surface area contributed by atoms with E-state index in [1.165, 1.54) is 0 Å². The van der Waals surface area contributed by atoms with Crippen LogP contribution in [0.4, 0.5) is 17.1 Å². The van der Waals surface area contributed by atoms with Crippen molar-refractivity contribution in [3.8, 4) is 11.5 Å². The highest BCUT2D eigenvalue weighted by atomic mass is 79.9. The van der Waals surface area contributed by atoms with Crippen LogP contribution < -0.4 is 9.64 Å². The molecule has 4 aromatic rings. The van der Waals surface area contributed by atoms with Gasteiger partial charge >= 0.3 is 0 Å². The highest BCUT2D eigenvalue weighted by Gasteiger charge is 2.12. The van der Waals surface area contributed by atoms with Gasteiger partial charge in [-0.25, -0.2) is 4.98 Å². The van der Waals surface area contributed by atoms with Crippen molar-refractivity contribution in [1.82, 2.24) is 4.98 Å². The van der Waals surface area contributed by atoms with Gasteiger partial charge in [0.2, 0.25) is 0 Å². The van der Waals surface area contributed by atoms with Gasteiger partial charge in [0, 0.05) is 23.1 Å². The molecule has 0 amide bonds. The van der Waals surface area contributed by atoms with Crippen molar-refractivity contribution in [3.63, 3.8) is 0 Å². The lowest BCUT2D eigenvalue weighted by molar-refractivity contribution is 0.480. The van der Waals surface area contributed by atoms with E-state index < -0.39 is 0 Å². The van der Waals surface area contributed by atoms with Crippen LogP contribution in [0.5, 0.6) is 11.5 Å². The zero-order valence-electron chi connectivity index (χ0n) is 14.5. The molecule has 0 aliphatic rings. The standard InChI is InChI=1S/C23H17BrN2O/c24-23-15-14-22(17-25-23)27-21-13-7-12-20(16-21)26(18-8-3-1-4-9-18)19-10-5-2-6-11-19/h1-17H. The predicted octanol–water partition coefficient (Wildman–Crippen LogP) is 7.11. The van der Waals surface area contributed by atoms with Gasteiger partial charge in [0.1, 0.15) is 16.1 Å². The SMILES string of the molecule is Brc1ccc(Oc2cccc(N(c3ccccc3)c3ccccc3)c2)cn1. The van der Waals surface area contributed by atoms with Crippen LogP contribution in [-0.2, 0) is 0 Å². The van der Waals surface area contributed by atoms with E-state index in [1.807, 2.05) is 66.7 Å². The first-order chi connectivity index (χ1) is 13.3. The largest absolute Gasteiger partial charge is 0.456 e. The van der Waals surface area contributed by atoms with Crippen molar-refractivity contribution in [2.24, 2.45) is 0 Å². The van der Waals surface area contributed by atoms with E-state index in [2.05, 4.69) is 56.1 Å². The van der Waals surface area contributed by atoms with Crippen LogP contribution in [0.1, 0.15) is 0 Å². The third-order valence-corrected chi connectivity index (χ3v) is 4.51. The quantitative estimate of drug-likeness (QED) is 0.324. The number of hydrogen-bond donors (Lipinski definition) is 0. The van der Waals surface area contributed by atoms with Gasteiger partial charge < -0.3 is 9.64 Å². The van der Waals surface area contributed by atoms with Gasteiger partial charge in [-0.15, -0.1) is 0 Å². The second-order valence-corrected chi connectivity index (χ2v) is 6.74. The molecule has 4 heteroatoms. The molecule has 1 aromatic heterocycles. The average Bonchev–Trinajstić information content (AvgIpc) is 2.72. The molecule has 0 atom stereocenters. The molecule has 132 valence electrons. The van der Waals surface area contributed by atoms with Crippen molar-refractivity contribution in [2.45, 2.75) is 0 Å². The van der Waals surface area contributed by atoms with Gasteiger partial charge in [-0.1, -0.05) is 42.5 Å². The van der Waals surface area contributed by atoms with Gasteiger partial charge in [0.25, 0.3) is 0 Å². The number of hydrogen-bond acceptors (Lipinski definition) is 3. The minimum Gasteiger partial charge on any atom is -0.456 e. The molecule has 0 aliphatic carbocycles. The predicted molar refractivity (Wildman–Crippen MR) is 113 cm³/mol. The van der Waals surface area contributed by atoms with Crippen molar-refractivity contribution >= 4 is 33.0 Å². The first-order valence-electron chi connectivity index (χ1n) is 8.59. The first-order valence-corrected chi connectivity index (χ1v) is 9.38. The molecule has 1 heterocycles. The third kappa shape index (κ3) is 4.18. The number of aromatic nitrogens is 1. The average molecular weight is 417 g/mol. The summed E-state index contributed by atoms with van der Waals surface area (Å²) in [6.07, 6.45) is 1.70. The van der Waals surface area contributed by atoms with Crippen molar-refractivity contribution in [2.75, 3.05) is 4.90 Å². The number of para-hydroxylation sites is 2. The number of halogens is 1. The van der Waals surface area contributed by atoms with Crippen LogP contribution in [0.15, 0.2) is 108 Å². The van der Waals surface area contributed by atoms with Gasteiger partial charge in [-0.2, -0.15) is 0 Å². The normalized spacial score (nSPS) is 10.4. The molecule has 0 fully saturated rings. The summed E-state index contributed by atoms with van der Waals surface area (Å²) in [5.41, 5.74) is 3.20. The maximum absolute atomic E-state index is 5.99. The van der Waals surface area contributed by atoms with Gasteiger partial charge in [-0.3, -0.25) is 0 Å². The molecule has 0 saturated heterocycles. The number of benzene rings is 3. The van der Waals surface area contributed by atoms with Crippen LogP contribution in [0, 0.1) is 0 Å². The van der Waals surface area contributed by atoms with E-state index in [-0.39, 0.29) is 0 Å². The number of anilines is 3. The molecule has 0 unspecified atom stereocenters. The Bertz CT molecular complexity index is 966. The van der Waals surface area contributed by atoms with Crippen LogP contribution >= 0.6 is 15.9 Å². The molecule has 3 aromatic carbocycles. The maximum atomic E-state index is 5.99. The van der Waals surface area contributed by atoms with Crippen molar-refractivity contribution < 1.29 is 4.74 Å². The minimum absolute atomic E-state index is 0.696.